The molecule has 0 unspecified atom stereocenters. The second-order valence-corrected chi connectivity index (χ2v) is 5.48. The summed E-state index contributed by atoms with van der Waals surface area (Å²) in [6, 6.07) is 11.6. The highest BCUT2D eigenvalue weighted by atomic mass is 16.5. The molecule has 0 saturated heterocycles. The molecule has 0 amide bonds. The van der Waals surface area contributed by atoms with Gasteiger partial charge in [0.15, 0.2) is 0 Å². The number of unbranched alkanes of at least 4 members (excludes halogenated alkanes) is 1. The van der Waals surface area contributed by atoms with Crippen LogP contribution < -0.4 is 0 Å². The molecule has 1 aromatic rings. The lowest BCUT2D eigenvalue weighted by Crippen LogP contribution is -2.14. The van der Waals surface area contributed by atoms with Gasteiger partial charge in [-0.05, 0) is 24.0 Å². The molecule has 1 aromatic carbocycles. The van der Waals surface area contributed by atoms with Gasteiger partial charge in [0.25, 0.3) is 0 Å². The van der Waals surface area contributed by atoms with Gasteiger partial charge in [-0.25, -0.2) is 4.79 Å². The molecule has 0 aliphatic carbocycles. The highest BCUT2D eigenvalue weighted by Gasteiger charge is 2.13. The third kappa shape index (κ3) is 7.46. The molecule has 0 aromatic heterocycles. The Bertz CT molecular complexity index is 567. The largest absolute Gasteiger partial charge is 0.461 e. The number of hydrogen-bond acceptors (Lipinski definition) is 3. The lowest BCUT2D eigenvalue weighted by molar-refractivity contribution is -0.140. The number of nitriles is 1. The molecule has 0 N–H and O–H groups in total. The third-order valence-electron chi connectivity index (χ3n) is 3.68. The highest BCUT2D eigenvalue weighted by molar-refractivity contribution is 5.93. The van der Waals surface area contributed by atoms with E-state index in [-0.39, 0.29) is 5.57 Å². The normalized spacial score (nSPS) is 12.8. The van der Waals surface area contributed by atoms with Gasteiger partial charge in [0.1, 0.15) is 11.6 Å². The van der Waals surface area contributed by atoms with E-state index in [1.807, 2.05) is 42.5 Å². The smallest absolute Gasteiger partial charge is 0.348 e. The molecule has 23 heavy (non-hydrogen) atoms. The quantitative estimate of drug-likeness (QED) is 0.282. The zero-order valence-corrected chi connectivity index (χ0v) is 14.0. The van der Waals surface area contributed by atoms with Gasteiger partial charge in [0.05, 0.1) is 6.61 Å². The van der Waals surface area contributed by atoms with Crippen molar-refractivity contribution in [1.82, 2.24) is 0 Å². The fourth-order valence-corrected chi connectivity index (χ4v) is 2.14. The first-order valence-electron chi connectivity index (χ1n) is 8.21. The number of allylic oxidation sites excluding steroid dienone is 2. The Morgan fingerprint density at radius 2 is 2.04 bits per heavy atom. The maximum Gasteiger partial charge on any atom is 0.348 e. The summed E-state index contributed by atoms with van der Waals surface area (Å²) >= 11 is 0. The van der Waals surface area contributed by atoms with Gasteiger partial charge in [0.2, 0.25) is 0 Å². The molecule has 122 valence electrons. The van der Waals surface area contributed by atoms with E-state index in [9.17, 15) is 4.79 Å². The van der Waals surface area contributed by atoms with Crippen molar-refractivity contribution in [2.75, 3.05) is 6.61 Å². The van der Waals surface area contributed by atoms with Crippen molar-refractivity contribution >= 4 is 12.0 Å². The van der Waals surface area contributed by atoms with Crippen molar-refractivity contribution in [3.63, 3.8) is 0 Å². The van der Waals surface area contributed by atoms with Gasteiger partial charge in [0, 0.05) is 0 Å². The zero-order chi connectivity index (χ0) is 16.9. The van der Waals surface area contributed by atoms with Gasteiger partial charge in [-0.2, -0.15) is 5.26 Å². The van der Waals surface area contributed by atoms with E-state index in [0.717, 1.165) is 31.2 Å². The zero-order valence-electron chi connectivity index (χ0n) is 14.0. The molecule has 0 radical (unpaired) electrons. The summed E-state index contributed by atoms with van der Waals surface area (Å²) in [7, 11) is 0. The molecular formula is C20H25NO2. The number of ether oxygens (including phenoxy) is 1. The average Bonchev–Trinajstić information content (AvgIpc) is 2.59. The van der Waals surface area contributed by atoms with Gasteiger partial charge >= 0.3 is 5.97 Å². The fraction of sp³-hybridized carbons (Fsp3) is 0.400. The van der Waals surface area contributed by atoms with E-state index in [2.05, 4.69) is 13.8 Å². The number of nitrogens with zero attached hydrogens (tertiary/aromatic N) is 1. The lowest BCUT2D eigenvalue weighted by atomic mass is 10.0. The molecule has 0 bridgehead atoms. The average molecular weight is 311 g/mol. The van der Waals surface area contributed by atoms with Crippen LogP contribution in [0.1, 0.15) is 45.1 Å². The van der Waals surface area contributed by atoms with Gasteiger partial charge in [-0.1, -0.05) is 75.6 Å². The van der Waals surface area contributed by atoms with Crippen LogP contribution in [0.5, 0.6) is 0 Å². The minimum atomic E-state index is -0.542. The third-order valence-corrected chi connectivity index (χ3v) is 3.68. The molecular weight excluding hydrogens is 286 g/mol. The predicted molar refractivity (Wildman–Crippen MR) is 93.4 cm³/mol. The number of benzene rings is 1. The molecule has 0 fully saturated rings. The van der Waals surface area contributed by atoms with Crippen LogP contribution in [-0.4, -0.2) is 12.6 Å². The summed E-state index contributed by atoms with van der Waals surface area (Å²) in [6.07, 6.45) is 9.36. The van der Waals surface area contributed by atoms with Crippen LogP contribution in [0.25, 0.3) is 6.08 Å². The maximum absolute atomic E-state index is 12.0. The van der Waals surface area contributed by atoms with Crippen molar-refractivity contribution in [1.29, 1.82) is 5.26 Å². The summed E-state index contributed by atoms with van der Waals surface area (Å²) in [4.78, 5) is 12.0. The first-order valence-corrected chi connectivity index (χ1v) is 8.21. The van der Waals surface area contributed by atoms with E-state index in [1.165, 1.54) is 6.08 Å². The van der Waals surface area contributed by atoms with Gasteiger partial charge < -0.3 is 4.74 Å². The van der Waals surface area contributed by atoms with Crippen LogP contribution in [0.15, 0.2) is 48.1 Å². The van der Waals surface area contributed by atoms with E-state index in [1.54, 1.807) is 6.08 Å². The van der Waals surface area contributed by atoms with E-state index >= 15 is 0 Å². The second kappa shape index (κ2) is 11.3. The Balaban J connectivity index is 2.56. The minimum absolute atomic E-state index is 0.0301. The molecule has 3 heteroatoms. The molecule has 3 nitrogen and oxygen atoms in total. The lowest BCUT2D eigenvalue weighted by Gasteiger charge is -2.14. The van der Waals surface area contributed by atoms with Crippen LogP contribution in [-0.2, 0) is 9.53 Å². The topological polar surface area (TPSA) is 50.1 Å². The van der Waals surface area contributed by atoms with Crippen molar-refractivity contribution < 1.29 is 9.53 Å². The maximum atomic E-state index is 12.0. The summed E-state index contributed by atoms with van der Waals surface area (Å²) in [5, 5.41) is 9.10. The first-order chi connectivity index (χ1) is 11.2. The van der Waals surface area contributed by atoms with E-state index in [4.69, 9.17) is 10.00 Å². The van der Waals surface area contributed by atoms with E-state index in [0.29, 0.717) is 12.5 Å². The van der Waals surface area contributed by atoms with Crippen LogP contribution in [0.2, 0.25) is 0 Å². The molecule has 0 spiro atoms. The summed E-state index contributed by atoms with van der Waals surface area (Å²) in [5.41, 5.74) is 1.04. The summed E-state index contributed by atoms with van der Waals surface area (Å²) < 4.78 is 5.28. The number of rotatable bonds is 9. The van der Waals surface area contributed by atoms with Crippen molar-refractivity contribution in [2.45, 2.75) is 39.5 Å². The number of carbonyl (C=O) groups excluding carboxylic acids is 1. The Morgan fingerprint density at radius 3 is 2.65 bits per heavy atom. The second-order valence-electron chi connectivity index (χ2n) is 5.48. The standard InChI is InChI=1S/C20H25NO2/c1-3-5-10-17(4-2)16-23-20(22)19(15-21)14-9-13-18-11-7-6-8-12-18/h6-9,11-14,17H,3-5,10,16H2,1-2H3/b13-9+,19-14-/t17-/m1/s1. The SMILES string of the molecule is CCCC[C@@H](CC)COC(=O)/C(C#N)=C\C=C\c1ccccc1. The van der Waals surface area contributed by atoms with Crippen molar-refractivity contribution in [3.05, 3.63) is 53.6 Å². The van der Waals surface area contributed by atoms with Crippen molar-refractivity contribution in [2.24, 2.45) is 5.92 Å². The van der Waals surface area contributed by atoms with E-state index < -0.39 is 5.97 Å². The van der Waals surface area contributed by atoms with Crippen LogP contribution in [0.4, 0.5) is 0 Å². The number of esters is 1. The van der Waals surface area contributed by atoms with Crippen molar-refractivity contribution in [3.8, 4) is 6.07 Å². The van der Waals surface area contributed by atoms with Crippen LogP contribution in [0.3, 0.4) is 0 Å². The fourth-order valence-electron chi connectivity index (χ4n) is 2.14. The minimum Gasteiger partial charge on any atom is -0.461 e. The Kier molecular flexibility index (Phi) is 9.16. The monoisotopic (exact) mass is 311 g/mol. The Hall–Kier alpha value is -2.34. The number of hydrogen-bond donors (Lipinski definition) is 0. The predicted octanol–water partition coefficient (Wildman–Crippen LogP) is 4.91. The summed E-state index contributed by atoms with van der Waals surface area (Å²) in [6.45, 7) is 4.63. The molecule has 1 rings (SSSR count). The van der Waals surface area contributed by atoms with Gasteiger partial charge in [-0.3, -0.25) is 0 Å². The highest BCUT2D eigenvalue weighted by Crippen LogP contribution is 2.13. The Morgan fingerprint density at radius 1 is 1.30 bits per heavy atom. The summed E-state index contributed by atoms with van der Waals surface area (Å²) in [5.74, 6) is -0.168. The molecule has 0 saturated carbocycles. The van der Waals surface area contributed by atoms with Crippen LogP contribution in [0, 0.1) is 17.2 Å². The number of carbonyl (C=O) groups is 1. The molecule has 0 aliphatic heterocycles. The first kappa shape index (κ1) is 18.7. The Labute approximate surface area is 139 Å². The van der Waals surface area contributed by atoms with Crippen LogP contribution >= 0.6 is 0 Å². The molecule has 0 aliphatic rings. The molecule has 0 heterocycles. The van der Waals surface area contributed by atoms with Gasteiger partial charge in [-0.15, -0.1) is 0 Å². The molecule has 1 atom stereocenters.